The second-order valence-corrected chi connectivity index (χ2v) is 4.75. The van der Waals surface area contributed by atoms with E-state index in [0.717, 1.165) is 12.8 Å². The number of ether oxygens (including phenoxy) is 1. The van der Waals surface area contributed by atoms with Gasteiger partial charge in [-0.2, -0.15) is 0 Å². The molecule has 8 heteroatoms. The van der Waals surface area contributed by atoms with Crippen LogP contribution >= 0.6 is 11.6 Å². The van der Waals surface area contributed by atoms with Crippen LogP contribution in [-0.2, 0) is 4.74 Å². The number of hydrogen-bond donors (Lipinski definition) is 3. The number of alkyl halides is 1. The van der Waals surface area contributed by atoms with Crippen LogP contribution in [0.4, 0.5) is 5.82 Å². The number of fused-ring (bicyclic) bond motifs is 1. The number of halogens is 1. The number of aliphatic hydroxyl groups excluding tert-OH is 1. The van der Waals surface area contributed by atoms with Crippen LogP contribution in [0.2, 0.25) is 0 Å². The minimum absolute atomic E-state index is 0.0303. The first-order chi connectivity index (χ1) is 8.69. The summed E-state index contributed by atoms with van der Waals surface area (Å²) in [5.74, 6) is 0.979. The maximum Gasteiger partial charge on any atom is 0.196 e. The van der Waals surface area contributed by atoms with Crippen LogP contribution in [-0.4, -0.2) is 33.3 Å². The van der Waals surface area contributed by atoms with Gasteiger partial charge in [-0.1, -0.05) is 11.6 Å². The fourth-order valence-corrected chi connectivity index (χ4v) is 2.52. The summed E-state index contributed by atoms with van der Waals surface area (Å²) in [4.78, 5) is 8.22. The van der Waals surface area contributed by atoms with Crippen LogP contribution < -0.4 is 11.1 Å². The molecule has 7 nitrogen and oxygen atoms in total. The quantitative estimate of drug-likeness (QED) is 0.538. The molecule has 1 unspecified atom stereocenters. The van der Waals surface area contributed by atoms with Crippen molar-refractivity contribution in [3.63, 3.8) is 0 Å². The zero-order chi connectivity index (χ0) is 12.7. The lowest BCUT2D eigenvalue weighted by molar-refractivity contribution is -0.0214. The number of anilines is 1. The van der Waals surface area contributed by atoms with E-state index in [0.29, 0.717) is 11.5 Å². The van der Waals surface area contributed by atoms with E-state index >= 15 is 0 Å². The summed E-state index contributed by atoms with van der Waals surface area (Å²) in [6, 6.07) is 0. The molecule has 1 aromatic rings. The molecule has 1 aromatic heterocycles. The van der Waals surface area contributed by atoms with E-state index in [1.165, 1.54) is 0 Å². The van der Waals surface area contributed by atoms with Crippen molar-refractivity contribution in [3.8, 4) is 0 Å². The average Bonchev–Trinajstić information content (AvgIpc) is 2.93. The summed E-state index contributed by atoms with van der Waals surface area (Å²) in [6.07, 6.45) is 3.03. The van der Waals surface area contributed by atoms with Gasteiger partial charge in [-0.3, -0.25) is 4.57 Å². The van der Waals surface area contributed by atoms with Gasteiger partial charge in [-0.15, -0.1) is 0 Å². The highest BCUT2D eigenvalue weighted by Gasteiger charge is 2.31. The van der Waals surface area contributed by atoms with Crippen LogP contribution in [0.1, 0.15) is 30.3 Å². The van der Waals surface area contributed by atoms with Crippen LogP contribution in [0.3, 0.4) is 0 Å². The van der Waals surface area contributed by atoms with Crippen molar-refractivity contribution in [3.05, 3.63) is 12.0 Å². The normalized spacial score (nSPS) is 30.8. The minimum atomic E-state index is -0.572. The lowest BCUT2D eigenvalue weighted by Gasteiger charge is -2.21. The third-order valence-corrected chi connectivity index (χ3v) is 3.45. The molecule has 0 aliphatic carbocycles. The van der Waals surface area contributed by atoms with Gasteiger partial charge < -0.3 is 20.9 Å². The number of imidazole rings is 1. The number of nitrogens with two attached hydrogens (primary N) is 1. The molecule has 1 fully saturated rings. The standard InChI is InChI=1S/C10H14ClN5O2/c11-8-7-9(15-10(12)14-8)16(4-13-7)6-2-1-5(3-17)18-6/h4-6,8,17H,1-3H2,(H3,12,14,15)/t5-,6+,8?/m0/s1. The Morgan fingerprint density at radius 3 is 3.17 bits per heavy atom. The van der Waals surface area contributed by atoms with Crippen LogP contribution in [0.25, 0.3) is 0 Å². The monoisotopic (exact) mass is 271 g/mol. The molecule has 18 heavy (non-hydrogen) atoms. The molecule has 0 bridgehead atoms. The Kier molecular flexibility index (Phi) is 2.89. The number of rotatable bonds is 2. The fourth-order valence-electron chi connectivity index (χ4n) is 2.26. The third-order valence-electron chi connectivity index (χ3n) is 3.15. The van der Waals surface area contributed by atoms with Crippen molar-refractivity contribution >= 4 is 23.4 Å². The van der Waals surface area contributed by atoms with E-state index in [-0.39, 0.29) is 24.9 Å². The summed E-state index contributed by atoms with van der Waals surface area (Å²) in [6.45, 7) is 0.0303. The smallest absolute Gasteiger partial charge is 0.196 e. The highest BCUT2D eigenvalue weighted by Crippen LogP contribution is 2.36. The Bertz CT molecular complexity index is 489. The molecule has 3 rings (SSSR count). The van der Waals surface area contributed by atoms with E-state index in [4.69, 9.17) is 27.2 Å². The summed E-state index contributed by atoms with van der Waals surface area (Å²) < 4.78 is 7.55. The highest BCUT2D eigenvalue weighted by atomic mass is 35.5. The summed E-state index contributed by atoms with van der Waals surface area (Å²) in [7, 11) is 0. The summed E-state index contributed by atoms with van der Waals surface area (Å²) in [5, 5.41) is 12.0. The van der Waals surface area contributed by atoms with Crippen LogP contribution in [0, 0.1) is 0 Å². The second kappa shape index (κ2) is 4.42. The molecule has 3 atom stereocenters. The van der Waals surface area contributed by atoms with Crippen molar-refractivity contribution in [1.29, 1.82) is 0 Å². The number of aliphatic hydroxyl groups is 1. The van der Waals surface area contributed by atoms with Gasteiger partial charge in [0, 0.05) is 0 Å². The van der Waals surface area contributed by atoms with E-state index in [9.17, 15) is 0 Å². The van der Waals surface area contributed by atoms with Gasteiger partial charge >= 0.3 is 0 Å². The Morgan fingerprint density at radius 2 is 2.44 bits per heavy atom. The van der Waals surface area contributed by atoms with E-state index in [2.05, 4.69) is 15.3 Å². The van der Waals surface area contributed by atoms with Crippen molar-refractivity contribution < 1.29 is 9.84 Å². The first kappa shape index (κ1) is 11.8. The molecule has 1 saturated heterocycles. The van der Waals surface area contributed by atoms with Gasteiger partial charge in [0.25, 0.3) is 0 Å². The fraction of sp³-hybridized carbons (Fsp3) is 0.600. The highest BCUT2D eigenvalue weighted by molar-refractivity contribution is 6.22. The zero-order valence-corrected chi connectivity index (χ0v) is 10.3. The Hall–Kier alpha value is -1.31. The maximum atomic E-state index is 9.08. The number of guanidine groups is 1. The third kappa shape index (κ3) is 1.84. The molecular weight excluding hydrogens is 258 g/mol. The van der Waals surface area contributed by atoms with E-state index in [1.54, 1.807) is 6.33 Å². The first-order valence-corrected chi connectivity index (χ1v) is 6.20. The van der Waals surface area contributed by atoms with Crippen molar-refractivity contribution in [2.24, 2.45) is 10.7 Å². The number of nitrogens with zero attached hydrogens (tertiary/aromatic N) is 3. The number of aromatic nitrogens is 2. The molecule has 0 amide bonds. The summed E-state index contributed by atoms with van der Waals surface area (Å²) >= 11 is 6.05. The van der Waals surface area contributed by atoms with Crippen molar-refractivity contribution in [1.82, 2.24) is 9.55 Å². The molecule has 0 spiro atoms. The predicted octanol–water partition coefficient (Wildman–Crippen LogP) is 0.531. The number of aliphatic imine (C=N–C) groups is 1. The molecule has 98 valence electrons. The van der Waals surface area contributed by atoms with Crippen LogP contribution in [0.15, 0.2) is 11.3 Å². The van der Waals surface area contributed by atoms with E-state index in [1.807, 2.05) is 4.57 Å². The predicted molar refractivity (Wildman–Crippen MR) is 66.3 cm³/mol. The Balaban J connectivity index is 1.88. The Morgan fingerprint density at radius 1 is 1.61 bits per heavy atom. The molecule has 4 N–H and O–H groups in total. The minimum Gasteiger partial charge on any atom is -0.394 e. The number of nitrogens with one attached hydrogen (secondary N) is 1. The summed E-state index contributed by atoms with van der Waals surface area (Å²) in [5.41, 5.74) is 5.72. The van der Waals surface area contributed by atoms with Gasteiger partial charge in [0.05, 0.1) is 19.0 Å². The van der Waals surface area contributed by atoms with Gasteiger partial charge in [0.2, 0.25) is 0 Å². The SMILES string of the molecule is NC1=NC(Cl)c2ncn([C@H]3CC[C@@H](CO)O3)c2N1. The lowest BCUT2D eigenvalue weighted by atomic mass is 10.2. The van der Waals surface area contributed by atoms with Gasteiger partial charge in [-0.05, 0) is 12.8 Å². The van der Waals surface area contributed by atoms with Crippen molar-refractivity contribution in [2.75, 3.05) is 11.9 Å². The molecule has 0 radical (unpaired) electrons. The second-order valence-electron chi connectivity index (χ2n) is 4.33. The molecule has 2 aliphatic rings. The average molecular weight is 272 g/mol. The van der Waals surface area contributed by atoms with Gasteiger partial charge in [0.15, 0.2) is 11.5 Å². The van der Waals surface area contributed by atoms with E-state index < -0.39 is 5.50 Å². The molecule has 2 aliphatic heterocycles. The molecule has 0 aromatic carbocycles. The van der Waals surface area contributed by atoms with Crippen molar-refractivity contribution in [2.45, 2.75) is 30.7 Å². The largest absolute Gasteiger partial charge is 0.394 e. The maximum absolute atomic E-state index is 9.08. The Labute approximate surface area is 109 Å². The lowest BCUT2D eigenvalue weighted by Crippen LogP contribution is -2.29. The molecule has 0 saturated carbocycles. The molecular formula is C10H14ClN5O2. The van der Waals surface area contributed by atoms with Gasteiger partial charge in [0.1, 0.15) is 17.7 Å². The number of hydrogen-bond acceptors (Lipinski definition) is 6. The molecule has 3 heterocycles. The topological polar surface area (TPSA) is 97.7 Å². The van der Waals surface area contributed by atoms with Gasteiger partial charge in [-0.25, -0.2) is 9.98 Å². The van der Waals surface area contributed by atoms with Crippen LogP contribution in [0.5, 0.6) is 0 Å². The first-order valence-electron chi connectivity index (χ1n) is 5.76. The zero-order valence-electron chi connectivity index (χ0n) is 9.58.